The highest BCUT2D eigenvalue weighted by atomic mass is 35.5. The zero-order valence-corrected chi connectivity index (χ0v) is 23.4. The molecule has 1 aliphatic heterocycles. The number of hydrogen-bond donors (Lipinski definition) is 4. The quantitative estimate of drug-likeness (QED) is 0.196. The van der Waals surface area contributed by atoms with Crippen molar-refractivity contribution >= 4 is 36.7 Å². The van der Waals surface area contributed by atoms with Crippen LogP contribution in [-0.4, -0.2) is 67.8 Å². The minimum Gasteiger partial charge on any atom is -0.465 e. The van der Waals surface area contributed by atoms with Gasteiger partial charge in [0.1, 0.15) is 47.5 Å². The summed E-state index contributed by atoms with van der Waals surface area (Å²) >= 11 is 5.92. The number of esters is 1. The largest absolute Gasteiger partial charge is 0.465 e. The van der Waals surface area contributed by atoms with Gasteiger partial charge in [-0.05, 0) is 57.2 Å². The highest BCUT2D eigenvalue weighted by Gasteiger charge is 2.65. The second kappa shape index (κ2) is 11.3. The topological polar surface area (TPSA) is 204 Å². The summed E-state index contributed by atoms with van der Waals surface area (Å²) in [5.74, 6) is -0.495. The zero-order chi connectivity index (χ0) is 29.3. The Bertz CT molecular complexity index is 1480. The Morgan fingerprint density at radius 1 is 1.38 bits per heavy atom. The molecule has 3 aromatic rings. The number of nitrogens with one attached hydrogen (secondary N) is 1. The van der Waals surface area contributed by atoms with Crippen molar-refractivity contribution in [3.8, 4) is 11.8 Å². The molecule has 0 aliphatic carbocycles. The highest BCUT2D eigenvalue weighted by Crippen LogP contribution is 2.50. The molecule has 214 valence electrons. The summed E-state index contributed by atoms with van der Waals surface area (Å²) in [6.45, 7) is 3.69. The summed E-state index contributed by atoms with van der Waals surface area (Å²) in [5.41, 5.74) is 1.97. The maximum Gasteiger partial charge on any atom is 0.459 e. The number of ether oxygens (including phenoxy) is 2. The fourth-order valence-corrected chi connectivity index (χ4v) is 5.92. The van der Waals surface area contributed by atoms with Crippen molar-refractivity contribution in [1.29, 1.82) is 5.26 Å². The van der Waals surface area contributed by atoms with E-state index >= 15 is 0 Å². The molecule has 1 unspecified atom stereocenters. The Labute approximate surface area is 234 Å². The fourth-order valence-electron chi connectivity index (χ4n) is 4.29. The molecule has 14 nitrogen and oxygen atoms in total. The van der Waals surface area contributed by atoms with Gasteiger partial charge in [0.05, 0.1) is 18.9 Å². The summed E-state index contributed by atoms with van der Waals surface area (Å²) in [4.78, 5) is 16.1. The van der Waals surface area contributed by atoms with Gasteiger partial charge in [-0.3, -0.25) is 9.32 Å². The maximum absolute atomic E-state index is 13.8. The minimum atomic E-state index is -4.36. The van der Waals surface area contributed by atoms with Gasteiger partial charge in [0.25, 0.3) is 0 Å². The standard InChI is InChI=1S/C24H28ClN6O8P/c1-4-36-22(33)14(2)30-40(35,39-16-7-5-15(25)6-8-16)37-11-18-20(32)23(3,34)24(12-26,38-18)19-10-9-17-21(27)28-13-29-31(17)19/h5-10,13-14,18,20,32,34H,4,11H2,1-3H3,(H,30,35)(H2,27,28,29)/t14-,18+,20+,23+,24-,40?/m0/s1. The lowest BCUT2D eigenvalue weighted by Gasteiger charge is -2.33. The van der Waals surface area contributed by atoms with Crippen LogP contribution in [0.5, 0.6) is 5.75 Å². The number of aliphatic hydroxyl groups excluding tert-OH is 1. The number of rotatable bonds is 10. The van der Waals surface area contributed by atoms with Crippen LogP contribution in [0.4, 0.5) is 5.82 Å². The van der Waals surface area contributed by atoms with Gasteiger partial charge in [0.15, 0.2) is 5.82 Å². The molecule has 40 heavy (non-hydrogen) atoms. The van der Waals surface area contributed by atoms with E-state index in [2.05, 4.69) is 15.2 Å². The molecule has 5 N–H and O–H groups in total. The van der Waals surface area contributed by atoms with Gasteiger partial charge in [0, 0.05) is 5.02 Å². The Balaban J connectivity index is 1.62. The summed E-state index contributed by atoms with van der Waals surface area (Å²) < 4.78 is 37.1. The fraction of sp³-hybridized carbons (Fsp3) is 0.417. The number of carbonyl (C=O) groups excluding carboxylic acids is 1. The maximum atomic E-state index is 13.8. The first-order valence-electron chi connectivity index (χ1n) is 12.1. The predicted octanol–water partition coefficient (Wildman–Crippen LogP) is 1.94. The first kappa shape index (κ1) is 29.7. The summed E-state index contributed by atoms with van der Waals surface area (Å²) in [6, 6.07) is 9.69. The van der Waals surface area contributed by atoms with E-state index < -0.39 is 49.8 Å². The van der Waals surface area contributed by atoms with Crippen LogP contribution in [0.3, 0.4) is 0 Å². The predicted molar refractivity (Wildman–Crippen MR) is 141 cm³/mol. The Morgan fingerprint density at radius 2 is 2.08 bits per heavy atom. The zero-order valence-electron chi connectivity index (χ0n) is 21.7. The van der Waals surface area contributed by atoms with Gasteiger partial charge >= 0.3 is 13.7 Å². The molecule has 0 spiro atoms. The van der Waals surface area contributed by atoms with Crippen molar-refractivity contribution < 1.29 is 38.1 Å². The van der Waals surface area contributed by atoms with Crippen molar-refractivity contribution in [2.75, 3.05) is 18.9 Å². The molecule has 6 atom stereocenters. The average molecular weight is 595 g/mol. The van der Waals surface area contributed by atoms with Crippen LogP contribution in [0.2, 0.25) is 5.02 Å². The summed E-state index contributed by atoms with van der Waals surface area (Å²) in [7, 11) is -4.36. The molecule has 16 heteroatoms. The molecule has 0 amide bonds. The van der Waals surface area contributed by atoms with E-state index in [1.54, 1.807) is 6.92 Å². The van der Waals surface area contributed by atoms with E-state index in [1.807, 2.05) is 6.07 Å². The molecule has 2 aromatic heterocycles. The molecule has 4 rings (SSSR count). The minimum absolute atomic E-state index is 0.0697. The summed E-state index contributed by atoms with van der Waals surface area (Å²) in [6.07, 6.45) is -1.93. The molecule has 0 radical (unpaired) electrons. The number of nitrogen functional groups attached to an aromatic ring is 1. The average Bonchev–Trinajstić information content (AvgIpc) is 3.43. The van der Waals surface area contributed by atoms with E-state index in [4.69, 9.17) is 35.9 Å². The number of aliphatic hydroxyl groups is 2. The number of nitrogens with zero attached hydrogens (tertiary/aromatic N) is 4. The van der Waals surface area contributed by atoms with Crippen LogP contribution < -0.4 is 15.3 Å². The monoisotopic (exact) mass is 594 g/mol. The number of fused-ring (bicyclic) bond motifs is 1. The number of benzene rings is 1. The van der Waals surface area contributed by atoms with Crippen LogP contribution in [0.15, 0.2) is 42.7 Å². The highest BCUT2D eigenvalue weighted by molar-refractivity contribution is 7.52. The van der Waals surface area contributed by atoms with Crippen molar-refractivity contribution in [2.45, 2.75) is 50.2 Å². The lowest BCUT2D eigenvalue weighted by atomic mass is 9.80. The number of anilines is 1. The molecule has 1 aliphatic rings. The van der Waals surface area contributed by atoms with Crippen LogP contribution in [0.25, 0.3) is 5.52 Å². The summed E-state index contributed by atoms with van der Waals surface area (Å²) in [5, 5.41) is 39.7. The van der Waals surface area contributed by atoms with Crippen molar-refractivity contribution in [3.05, 3.63) is 53.4 Å². The molecular formula is C24H28ClN6O8P. The first-order valence-corrected chi connectivity index (χ1v) is 14.0. The van der Waals surface area contributed by atoms with Gasteiger partial charge in [-0.15, -0.1) is 0 Å². The Kier molecular flexibility index (Phi) is 8.39. The Morgan fingerprint density at radius 3 is 2.73 bits per heavy atom. The van der Waals surface area contributed by atoms with E-state index in [0.717, 1.165) is 0 Å². The first-order chi connectivity index (χ1) is 18.9. The van der Waals surface area contributed by atoms with Crippen LogP contribution >= 0.6 is 19.3 Å². The molecule has 1 aromatic carbocycles. The van der Waals surface area contributed by atoms with Crippen LogP contribution in [-0.2, 0) is 29.0 Å². The van der Waals surface area contributed by atoms with Crippen LogP contribution in [0, 0.1) is 11.3 Å². The van der Waals surface area contributed by atoms with E-state index in [1.165, 1.54) is 61.1 Å². The third-order valence-electron chi connectivity index (χ3n) is 6.41. The molecule has 1 saturated heterocycles. The Hall–Kier alpha value is -3.28. The van der Waals surface area contributed by atoms with Gasteiger partial charge in [-0.1, -0.05) is 11.6 Å². The number of hydrogen-bond acceptors (Lipinski definition) is 12. The van der Waals surface area contributed by atoms with Crippen molar-refractivity contribution in [3.63, 3.8) is 0 Å². The SMILES string of the molecule is CCOC(=O)[C@H](C)NP(=O)(OC[C@H]1O[C@@](C#N)(c2ccc3c(N)ncnn23)[C@](C)(O)[C@@H]1O)Oc1ccc(Cl)cc1. The van der Waals surface area contributed by atoms with E-state index in [9.17, 15) is 24.8 Å². The molecular weight excluding hydrogens is 567 g/mol. The number of carbonyl (C=O) groups is 1. The normalized spacial score (nSPS) is 26.6. The van der Waals surface area contributed by atoms with Crippen LogP contribution in [0.1, 0.15) is 26.5 Å². The molecule has 1 fully saturated rings. The second-order valence-electron chi connectivity index (χ2n) is 9.14. The lowest BCUT2D eigenvalue weighted by molar-refractivity contribution is -0.144. The van der Waals surface area contributed by atoms with Gasteiger partial charge in [0.2, 0.25) is 5.60 Å². The molecule has 3 heterocycles. The molecule has 0 saturated carbocycles. The van der Waals surface area contributed by atoms with Crippen molar-refractivity contribution in [2.24, 2.45) is 0 Å². The van der Waals surface area contributed by atoms with Gasteiger partial charge in [-0.25, -0.2) is 14.1 Å². The smallest absolute Gasteiger partial charge is 0.459 e. The molecule has 0 bridgehead atoms. The number of nitrogens with two attached hydrogens (primary N) is 1. The third-order valence-corrected chi connectivity index (χ3v) is 8.30. The van der Waals surface area contributed by atoms with Crippen molar-refractivity contribution in [1.82, 2.24) is 19.7 Å². The number of halogens is 1. The lowest BCUT2D eigenvalue weighted by Crippen LogP contribution is -2.52. The second-order valence-corrected chi connectivity index (χ2v) is 11.3. The number of aromatic nitrogens is 3. The third kappa shape index (κ3) is 5.37. The van der Waals surface area contributed by atoms with E-state index in [-0.39, 0.29) is 23.9 Å². The number of nitriles is 1. The van der Waals surface area contributed by atoms with E-state index in [0.29, 0.717) is 10.5 Å². The van der Waals surface area contributed by atoms with Gasteiger partial charge < -0.3 is 29.9 Å². The van der Waals surface area contributed by atoms with Gasteiger partial charge in [-0.2, -0.15) is 15.4 Å².